The quantitative estimate of drug-likeness (QED) is 0.109. The highest BCUT2D eigenvalue weighted by Gasteiger charge is 2.24. The first-order valence-corrected chi connectivity index (χ1v) is 34.7. The summed E-state index contributed by atoms with van der Waals surface area (Å²) in [4.78, 5) is 0. The number of pyridine rings is 5. The highest BCUT2D eigenvalue weighted by Crippen LogP contribution is 2.33. The molecule has 5 nitrogen and oxygen atoms in total. The summed E-state index contributed by atoms with van der Waals surface area (Å²) in [6.45, 7) is 46.5. The predicted octanol–water partition coefficient (Wildman–Crippen LogP) is 21.8. The largest absolute Gasteiger partial charge is 0.212 e. The molecule has 0 aliphatic carbocycles. The number of rotatable bonds is 12. The van der Waals surface area contributed by atoms with Crippen molar-refractivity contribution in [2.24, 2.45) is 35.2 Å². The summed E-state index contributed by atoms with van der Waals surface area (Å²) >= 11 is 0. The lowest BCUT2D eigenvalue weighted by Gasteiger charge is -2.16. The monoisotopic (exact) mass is 1290 g/mol. The van der Waals surface area contributed by atoms with E-state index < -0.39 is 24.5 Å². The molecule has 0 spiro atoms. The van der Waals surface area contributed by atoms with E-state index in [0.717, 1.165) is 44.8 Å². The van der Waals surface area contributed by atoms with Crippen molar-refractivity contribution < 1.29 is 31.1 Å². The number of aromatic nitrogens is 5. The van der Waals surface area contributed by atoms with Gasteiger partial charge in [0, 0.05) is 94.2 Å². The number of benzene rings is 5. The first kappa shape index (κ1) is 67.8. The van der Waals surface area contributed by atoms with Crippen LogP contribution < -0.4 is 22.8 Å². The van der Waals surface area contributed by atoms with Crippen LogP contribution in [0.5, 0.6) is 0 Å². The van der Waals surface area contributed by atoms with E-state index in [4.69, 9.17) is 8.22 Å². The second-order valence-corrected chi connectivity index (χ2v) is 28.9. The molecule has 0 amide bonds. The Balaban J connectivity index is 0.000000201. The average Bonchev–Trinajstić information content (AvgIpc) is 0.775. The molecule has 0 unspecified atom stereocenters. The van der Waals surface area contributed by atoms with E-state index in [1.54, 1.807) is 12.1 Å². The van der Waals surface area contributed by atoms with E-state index >= 15 is 0 Å². The second kappa shape index (κ2) is 34.2. The van der Waals surface area contributed by atoms with Gasteiger partial charge < -0.3 is 0 Å². The van der Waals surface area contributed by atoms with E-state index in [-0.39, 0.29) is 0 Å². The molecule has 5 aromatic heterocycles. The normalized spacial score (nSPS) is 12.6. The van der Waals surface area contributed by atoms with Gasteiger partial charge in [-0.05, 0) is 196 Å². The molecule has 0 bridgehead atoms. The van der Waals surface area contributed by atoms with Gasteiger partial charge in [0.05, 0.1) is 0 Å². The Morgan fingerprint density at radius 1 is 0.250 bits per heavy atom. The van der Waals surface area contributed by atoms with Gasteiger partial charge in [-0.15, -0.1) is 0 Å². The smallest absolute Gasteiger partial charge is 0.201 e. The molecule has 5 heterocycles. The molecule has 0 atom stereocenters. The molecule has 5 aromatic carbocycles. The van der Waals surface area contributed by atoms with Crippen molar-refractivity contribution in [2.45, 2.75) is 207 Å². The molecule has 0 saturated carbocycles. The van der Waals surface area contributed by atoms with Gasteiger partial charge in [-0.1, -0.05) is 187 Å². The van der Waals surface area contributed by atoms with E-state index in [2.05, 4.69) is 271 Å². The maximum Gasteiger partial charge on any atom is 0.212 e. The Labute approximate surface area is 592 Å². The Morgan fingerprint density at radius 2 is 0.521 bits per heavy atom. The molecule has 0 fully saturated rings. The SMILES string of the molecule is Cc1ccc(-c2cc(C)c(C(C)C)c[n+]2C)c(C)c1.Cc1ccccc1-c1cc(C(C)C)c(C(C)C)c[n+]1C.Cc1ccccc1-c1cc(C)c(C(C)C)c[n+]1C.[2H]C(C)(C)c1cc(-c2ccccc2C)[n+](C)cc1C([2H])(C)C.[2H]C([2H])([2H])c1ccc(-c2cc(C)c(C([2H])(C)C)c[n+]2C)c(C)c1. The van der Waals surface area contributed by atoms with E-state index in [0.29, 0.717) is 29.2 Å². The van der Waals surface area contributed by atoms with Crippen LogP contribution in [0.15, 0.2) is 171 Å². The van der Waals surface area contributed by atoms with Crippen LogP contribution in [0.3, 0.4) is 0 Å². The zero-order valence-corrected chi connectivity index (χ0v) is 64.2. The van der Waals surface area contributed by atoms with Crippen LogP contribution >= 0.6 is 0 Å². The standard InChI is InChI=1S/2C19H26N.2C18H24N.C17H22N/c2*1-13(2)17-11-19(16-10-8-7-9-15(16)5)20(6)12-18(17)14(3)4;2*1-12(2)17-11-19(6)18(10-15(17)5)16-8-7-13(3)9-14(16)4;1-12(2)16-11-18(5)17(10-14(16)4)15-9-7-6-8-13(15)3/h2*7-14H,1-6H3;2*7-12H,1-6H3;6-12H,1-5H3/q5*+1/i13D,14D;;3D3,12D;;. The van der Waals surface area contributed by atoms with Crippen LogP contribution in [0.25, 0.3) is 56.3 Å². The number of aryl methyl sites for hydroxylation is 15. The number of hydrogen-bond donors (Lipinski definition) is 0. The van der Waals surface area contributed by atoms with E-state index in [1.807, 2.05) is 105 Å². The summed E-state index contributed by atoms with van der Waals surface area (Å²) in [7, 11) is 10.4. The molecular formula is C91H122N5+5. The fourth-order valence-corrected chi connectivity index (χ4v) is 13.1. The Hall–Kier alpha value is -8.15. The maximum absolute atomic E-state index is 8.48. The van der Waals surface area contributed by atoms with Crippen LogP contribution in [0.2, 0.25) is 0 Å². The lowest BCUT2D eigenvalue weighted by atomic mass is 9.90. The number of nitrogens with zero attached hydrogens (tertiary/aromatic N) is 5. The average molecular weight is 1290 g/mol. The Kier molecular flexibility index (Phi) is 24.1. The van der Waals surface area contributed by atoms with Crippen LogP contribution in [0.1, 0.15) is 241 Å². The third kappa shape index (κ3) is 19.3. The summed E-state index contributed by atoms with van der Waals surface area (Å²) in [5, 5.41) is 0. The van der Waals surface area contributed by atoms with Gasteiger partial charge in [-0.25, -0.2) is 22.8 Å². The summed E-state index contributed by atoms with van der Waals surface area (Å²) in [6.07, 6.45) is 10.9. The maximum atomic E-state index is 8.48. The van der Waals surface area contributed by atoms with Crippen molar-refractivity contribution in [3.05, 3.63) is 265 Å². The molecule has 96 heavy (non-hydrogen) atoms. The third-order valence-electron chi connectivity index (χ3n) is 18.7. The fourth-order valence-electron chi connectivity index (χ4n) is 13.1. The van der Waals surface area contributed by atoms with Gasteiger partial charge in [0.1, 0.15) is 35.2 Å². The Bertz CT molecular complexity index is 4570. The highest BCUT2D eigenvalue weighted by molar-refractivity contribution is 5.66. The van der Waals surface area contributed by atoms with Crippen molar-refractivity contribution in [1.82, 2.24) is 0 Å². The first-order valence-electron chi connectivity index (χ1n) is 37.7. The van der Waals surface area contributed by atoms with Gasteiger partial charge in [0.15, 0.2) is 31.0 Å². The van der Waals surface area contributed by atoms with Crippen molar-refractivity contribution in [1.29, 1.82) is 0 Å². The van der Waals surface area contributed by atoms with Crippen molar-refractivity contribution in [3.63, 3.8) is 0 Å². The number of hydrogen-bond acceptors (Lipinski definition) is 0. The molecule has 10 aromatic rings. The molecule has 10 rings (SSSR count). The molecule has 0 saturated heterocycles. The molecule has 0 aliphatic rings. The third-order valence-corrected chi connectivity index (χ3v) is 18.7. The second-order valence-electron chi connectivity index (χ2n) is 28.9. The fraction of sp³-hybridized carbons (Fsp3) is 0.396. The molecular weight excluding hydrogens is 1160 g/mol. The van der Waals surface area contributed by atoms with Crippen LogP contribution in [0, 0.1) is 69.2 Å². The molecule has 506 valence electrons. The highest BCUT2D eigenvalue weighted by atomic mass is 14.9. The molecule has 0 radical (unpaired) electrons. The van der Waals surface area contributed by atoms with Gasteiger partial charge >= 0.3 is 0 Å². The Morgan fingerprint density at radius 3 is 0.844 bits per heavy atom. The molecule has 0 aliphatic heterocycles. The summed E-state index contributed by atoms with van der Waals surface area (Å²) in [5.41, 5.74) is 32.4. The summed E-state index contributed by atoms with van der Waals surface area (Å²) < 4.78 is 58.6. The van der Waals surface area contributed by atoms with Crippen LogP contribution in [-0.4, -0.2) is 0 Å². The minimum absolute atomic E-state index is 0.363. The van der Waals surface area contributed by atoms with Crippen molar-refractivity contribution in [3.8, 4) is 56.3 Å². The minimum atomic E-state index is -2.08. The van der Waals surface area contributed by atoms with Crippen LogP contribution in [0.4, 0.5) is 0 Å². The van der Waals surface area contributed by atoms with E-state index in [1.165, 1.54) is 101 Å². The lowest BCUT2D eigenvalue weighted by Crippen LogP contribution is -2.32. The van der Waals surface area contributed by atoms with Crippen LogP contribution in [-0.2, 0) is 35.2 Å². The summed E-state index contributed by atoms with van der Waals surface area (Å²) in [6, 6.07) is 48.6. The molecule has 5 heteroatoms. The molecule has 0 N–H and O–H groups in total. The van der Waals surface area contributed by atoms with Crippen molar-refractivity contribution >= 4 is 0 Å². The topological polar surface area (TPSA) is 19.4 Å². The van der Waals surface area contributed by atoms with Gasteiger partial charge in [-0.3, -0.25) is 0 Å². The lowest BCUT2D eigenvalue weighted by molar-refractivity contribution is -0.661. The van der Waals surface area contributed by atoms with E-state index in [9.17, 15) is 0 Å². The minimum Gasteiger partial charge on any atom is -0.201 e. The summed E-state index contributed by atoms with van der Waals surface area (Å²) in [5.74, 6) is 0.137. The van der Waals surface area contributed by atoms with Gasteiger partial charge in [0.25, 0.3) is 0 Å². The van der Waals surface area contributed by atoms with Crippen molar-refractivity contribution in [2.75, 3.05) is 0 Å². The predicted molar refractivity (Wildman–Crippen MR) is 411 cm³/mol. The zero-order valence-electron chi connectivity index (χ0n) is 70.2. The zero-order chi connectivity index (χ0) is 76.6. The van der Waals surface area contributed by atoms with Gasteiger partial charge in [0.2, 0.25) is 28.5 Å². The first-order chi connectivity index (χ1) is 47.2. The van der Waals surface area contributed by atoms with Gasteiger partial charge in [-0.2, -0.15) is 0 Å².